The molecule has 0 amide bonds. The van der Waals surface area contributed by atoms with Crippen molar-refractivity contribution < 1.29 is 5.11 Å². The molecule has 0 aliphatic rings. The molecule has 0 spiro atoms. The lowest BCUT2D eigenvalue weighted by molar-refractivity contribution is 0.106. The van der Waals surface area contributed by atoms with Crippen LogP contribution in [0.25, 0.3) is 0 Å². The number of nitrogens with zero attached hydrogens (tertiary/aromatic N) is 2. The highest BCUT2D eigenvalue weighted by Crippen LogP contribution is 2.28. The molecule has 20 heavy (non-hydrogen) atoms. The molecule has 3 nitrogen and oxygen atoms in total. The Kier molecular flexibility index (Phi) is 5.22. The Morgan fingerprint density at radius 1 is 0.950 bits per heavy atom. The Morgan fingerprint density at radius 3 is 2.00 bits per heavy atom. The first-order valence-corrected chi connectivity index (χ1v) is 7.27. The van der Waals surface area contributed by atoms with E-state index in [2.05, 4.69) is 64.6 Å². The van der Waals surface area contributed by atoms with Crippen LogP contribution in [-0.2, 0) is 5.54 Å². The van der Waals surface area contributed by atoms with E-state index in [1.807, 2.05) is 12.1 Å². The van der Waals surface area contributed by atoms with Crippen molar-refractivity contribution in [1.82, 2.24) is 9.80 Å². The summed E-state index contributed by atoms with van der Waals surface area (Å²) < 4.78 is 0. The van der Waals surface area contributed by atoms with Gasteiger partial charge in [-0.1, -0.05) is 12.1 Å². The third kappa shape index (κ3) is 4.22. The fourth-order valence-electron chi connectivity index (χ4n) is 2.02. The van der Waals surface area contributed by atoms with Crippen LogP contribution < -0.4 is 0 Å². The molecule has 1 aromatic carbocycles. The van der Waals surface area contributed by atoms with Gasteiger partial charge in [0.15, 0.2) is 0 Å². The molecule has 1 aromatic rings. The highest BCUT2D eigenvalue weighted by atomic mass is 16.3. The molecule has 0 heterocycles. The minimum Gasteiger partial charge on any atom is -0.508 e. The molecule has 0 radical (unpaired) electrons. The summed E-state index contributed by atoms with van der Waals surface area (Å²) in [6.07, 6.45) is 0. The lowest BCUT2D eigenvalue weighted by Crippen LogP contribution is -2.46. The fourth-order valence-corrected chi connectivity index (χ4v) is 2.02. The fraction of sp³-hybridized carbons (Fsp3) is 0.647. The van der Waals surface area contributed by atoms with E-state index in [0.29, 0.717) is 5.75 Å². The van der Waals surface area contributed by atoms with Crippen molar-refractivity contribution in [1.29, 1.82) is 0 Å². The maximum absolute atomic E-state index is 9.66. The summed E-state index contributed by atoms with van der Waals surface area (Å²) in [7, 11) is 4.30. The van der Waals surface area contributed by atoms with Gasteiger partial charge in [-0.15, -0.1) is 0 Å². The van der Waals surface area contributed by atoms with E-state index in [1.54, 1.807) is 6.07 Å². The Morgan fingerprint density at radius 2 is 1.50 bits per heavy atom. The van der Waals surface area contributed by atoms with Crippen LogP contribution in [0.3, 0.4) is 0 Å². The molecule has 0 unspecified atom stereocenters. The number of phenols is 1. The van der Waals surface area contributed by atoms with Crippen LogP contribution in [0.15, 0.2) is 24.3 Å². The van der Waals surface area contributed by atoms with Crippen LogP contribution in [0.5, 0.6) is 5.75 Å². The highest BCUT2D eigenvalue weighted by Gasteiger charge is 2.27. The first-order valence-electron chi connectivity index (χ1n) is 7.27. The zero-order valence-corrected chi connectivity index (χ0v) is 14.1. The van der Waals surface area contributed by atoms with E-state index < -0.39 is 0 Å². The van der Waals surface area contributed by atoms with Crippen molar-refractivity contribution in [3.05, 3.63) is 29.8 Å². The van der Waals surface area contributed by atoms with E-state index in [4.69, 9.17) is 0 Å². The lowest BCUT2D eigenvalue weighted by Gasteiger charge is -2.39. The molecule has 0 atom stereocenters. The van der Waals surface area contributed by atoms with E-state index in [1.165, 1.54) is 0 Å². The molecule has 0 fully saturated rings. The Bertz CT molecular complexity index is 435. The summed E-state index contributed by atoms with van der Waals surface area (Å²) in [6.45, 7) is 13.1. The van der Waals surface area contributed by atoms with Gasteiger partial charge in [0.05, 0.1) is 0 Å². The van der Waals surface area contributed by atoms with Gasteiger partial charge in [0.1, 0.15) is 5.75 Å². The maximum Gasteiger partial charge on any atom is 0.115 e. The number of aromatic hydroxyl groups is 1. The van der Waals surface area contributed by atoms with Crippen LogP contribution in [0, 0.1) is 0 Å². The monoisotopic (exact) mass is 278 g/mol. The number of benzene rings is 1. The van der Waals surface area contributed by atoms with E-state index in [0.717, 1.165) is 18.7 Å². The number of hydrogen-bond donors (Lipinski definition) is 1. The molecule has 0 aliphatic heterocycles. The molecular formula is C17H30N2O. The van der Waals surface area contributed by atoms with Crippen LogP contribution in [-0.4, -0.2) is 47.6 Å². The smallest absolute Gasteiger partial charge is 0.115 e. The van der Waals surface area contributed by atoms with E-state index >= 15 is 0 Å². The van der Waals surface area contributed by atoms with Crippen molar-refractivity contribution in [3.8, 4) is 5.75 Å². The van der Waals surface area contributed by atoms with Gasteiger partial charge >= 0.3 is 0 Å². The molecular weight excluding hydrogens is 248 g/mol. The average Bonchev–Trinajstić information content (AvgIpc) is 2.34. The predicted octanol–water partition coefficient (Wildman–Crippen LogP) is 3.29. The Balaban J connectivity index is 2.73. The van der Waals surface area contributed by atoms with Crippen LogP contribution in [0.2, 0.25) is 0 Å². The zero-order chi connectivity index (χ0) is 15.6. The standard InChI is InChI=1S/C17H30N2O/c1-16(2,3)18(6)11-12-19(7)17(4,5)14-9-8-10-15(20)13-14/h8-10,13,20H,11-12H2,1-7H3. The summed E-state index contributed by atoms with van der Waals surface area (Å²) >= 11 is 0. The Labute approximate surface area is 124 Å². The molecule has 1 N–H and O–H groups in total. The number of hydrogen-bond acceptors (Lipinski definition) is 3. The van der Waals surface area contributed by atoms with Gasteiger partial charge in [-0.05, 0) is 66.4 Å². The topological polar surface area (TPSA) is 26.7 Å². The molecule has 1 rings (SSSR count). The number of phenolic OH excluding ortho intramolecular Hbond substituents is 1. The third-order valence-electron chi connectivity index (χ3n) is 4.42. The van der Waals surface area contributed by atoms with Crippen molar-refractivity contribution in [2.75, 3.05) is 27.2 Å². The zero-order valence-electron chi connectivity index (χ0n) is 14.1. The second-order valence-corrected chi connectivity index (χ2v) is 7.12. The maximum atomic E-state index is 9.66. The number of rotatable bonds is 5. The first kappa shape index (κ1) is 17.0. The normalized spacial score (nSPS) is 13.2. The lowest BCUT2D eigenvalue weighted by atomic mass is 9.92. The van der Waals surface area contributed by atoms with Crippen LogP contribution in [0.4, 0.5) is 0 Å². The number of likely N-dealkylation sites (N-methyl/N-ethyl adjacent to an activating group) is 2. The van der Waals surface area contributed by atoms with Gasteiger partial charge in [-0.2, -0.15) is 0 Å². The summed E-state index contributed by atoms with van der Waals surface area (Å²) in [5.74, 6) is 0.329. The van der Waals surface area contributed by atoms with Crippen molar-refractivity contribution >= 4 is 0 Å². The summed E-state index contributed by atoms with van der Waals surface area (Å²) in [5.41, 5.74) is 1.23. The van der Waals surface area contributed by atoms with Gasteiger partial charge in [0.25, 0.3) is 0 Å². The van der Waals surface area contributed by atoms with Gasteiger partial charge < -0.3 is 10.0 Å². The SMILES string of the molecule is CN(CCN(C)C(C)(C)c1cccc(O)c1)C(C)(C)C. The Hall–Kier alpha value is -1.06. The molecule has 114 valence electrons. The van der Waals surface area contributed by atoms with Crippen molar-refractivity contribution in [2.45, 2.75) is 45.7 Å². The predicted molar refractivity (Wildman–Crippen MR) is 86.1 cm³/mol. The third-order valence-corrected chi connectivity index (χ3v) is 4.42. The quantitative estimate of drug-likeness (QED) is 0.895. The highest BCUT2D eigenvalue weighted by molar-refractivity contribution is 5.31. The molecule has 0 saturated carbocycles. The van der Waals surface area contributed by atoms with E-state index in [9.17, 15) is 5.11 Å². The van der Waals surface area contributed by atoms with Crippen LogP contribution in [0.1, 0.15) is 40.2 Å². The molecule has 0 aromatic heterocycles. The molecule has 0 saturated heterocycles. The minimum absolute atomic E-state index is 0.0997. The van der Waals surface area contributed by atoms with Gasteiger partial charge in [0.2, 0.25) is 0 Å². The van der Waals surface area contributed by atoms with Gasteiger partial charge in [-0.3, -0.25) is 4.90 Å². The largest absolute Gasteiger partial charge is 0.508 e. The minimum atomic E-state index is -0.0997. The summed E-state index contributed by atoms with van der Waals surface area (Å²) in [4.78, 5) is 4.70. The average molecular weight is 278 g/mol. The van der Waals surface area contributed by atoms with Crippen molar-refractivity contribution in [2.24, 2.45) is 0 Å². The van der Waals surface area contributed by atoms with Crippen molar-refractivity contribution in [3.63, 3.8) is 0 Å². The second kappa shape index (κ2) is 6.15. The van der Waals surface area contributed by atoms with Crippen LogP contribution >= 0.6 is 0 Å². The summed E-state index contributed by atoms with van der Waals surface area (Å²) in [5, 5.41) is 9.66. The second-order valence-electron chi connectivity index (χ2n) is 7.12. The van der Waals surface area contributed by atoms with E-state index in [-0.39, 0.29) is 11.1 Å². The van der Waals surface area contributed by atoms with Gasteiger partial charge in [0, 0.05) is 24.2 Å². The molecule has 3 heteroatoms. The molecule has 0 bridgehead atoms. The summed E-state index contributed by atoms with van der Waals surface area (Å²) in [6, 6.07) is 7.54. The van der Waals surface area contributed by atoms with Gasteiger partial charge in [-0.25, -0.2) is 0 Å². The molecule has 0 aliphatic carbocycles. The first-order chi connectivity index (χ1) is 9.05.